The molecular weight excluding hydrogens is 648 g/mol. The van der Waals surface area contributed by atoms with E-state index in [1.165, 1.54) is 5.56 Å². The van der Waals surface area contributed by atoms with Gasteiger partial charge in [0.15, 0.2) is 0 Å². The molecule has 2 atom stereocenters. The quantitative estimate of drug-likeness (QED) is 0.132. The summed E-state index contributed by atoms with van der Waals surface area (Å²) in [5.41, 5.74) is 3.79. The van der Waals surface area contributed by atoms with Crippen LogP contribution in [0, 0.1) is 0 Å². The number of hydrogen-bond donors (Lipinski definition) is 1. The van der Waals surface area contributed by atoms with Crippen LogP contribution in [0.15, 0.2) is 72.8 Å². The number of para-hydroxylation sites is 1. The van der Waals surface area contributed by atoms with E-state index in [2.05, 4.69) is 11.4 Å². The minimum atomic E-state index is -0.609. The van der Waals surface area contributed by atoms with Crippen LogP contribution < -0.4 is 14.8 Å². The predicted molar refractivity (Wildman–Crippen MR) is 197 cm³/mol. The first-order valence-corrected chi connectivity index (χ1v) is 18.0. The van der Waals surface area contributed by atoms with E-state index in [0.717, 1.165) is 60.5 Å². The lowest BCUT2D eigenvalue weighted by molar-refractivity contribution is -0.129. The Labute approximate surface area is 303 Å². The highest BCUT2D eigenvalue weighted by atomic mass is 16.6. The second-order valence-corrected chi connectivity index (χ2v) is 13.8. The Kier molecular flexibility index (Phi) is 16.1. The molecule has 3 aromatic carbocycles. The second-order valence-electron chi connectivity index (χ2n) is 13.8. The van der Waals surface area contributed by atoms with E-state index in [1.54, 1.807) is 19.1 Å². The largest absolute Gasteiger partial charge is 0.496 e. The van der Waals surface area contributed by atoms with Crippen molar-refractivity contribution in [1.29, 1.82) is 0 Å². The number of carbonyl (C=O) groups excluding carboxylic acids is 2. The van der Waals surface area contributed by atoms with Crippen molar-refractivity contribution in [2.75, 3.05) is 53.7 Å². The number of nitrogens with one attached hydrogen (secondary N) is 1. The second kappa shape index (κ2) is 20.7. The monoisotopic (exact) mass is 704 g/mol. The summed E-state index contributed by atoms with van der Waals surface area (Å²) in [6.45, 7) is 9.05. The molecule has 0 aliphatic carbocycles. The minimum Gasteiger partial charge on any atom is -0.496 e. The molecule has 1 fully saturated rings. The van der Waals surface area contributed by atoms with Gasteiger partial charge in [0.25, 0.3) is 0 Å². The smallest absolute Gasteiger partial charge is 0.410 e. The number of carbonyl (C=O) groups is 2. The van der Waals surface area contributed by atoms with E-state index in [-0.39, 0.29) is 24.5 Å². The molecule has 0 aromatic heterocycles. The van der Waals surface area contributed by atoms with Crippen molar-refractivity contribution in [3.8, 4) is 11.5 Å². The van der Waals surface area contributed by atoms with Gasteiger partial charge in [0.05, 0.1) is 39.6 Å². The Morgan fingerprint density at radius 2 is 1.57 bits per heavy atom. The Morgan fingerprint density at radius 3 is 2.29 bits per heavy atom. The highest BCUT2D eigenvalue weighted by Gasteiger charge is 2.35. The summed E-state index contributed by atoms with van der Waals surface area (Å²) < 4.78 is 34.3. The number of hydrogen-bond acceptors (Lipinski definition) is 8. The molecule has 0 spiro atoms. The van der Waals surface area contributed by atoms with Gasteiger partial charge in [0.1, 0.15) is 23.7 Å². The molecule has 51 heavy (non-hydrogen) atoms. The van der Waals surface area contributed by atoms with Crippen LogP contribution in [0.1, 0.15) is 74.6 Å². The van der Waals surface area contributed by atoms with E-state index in [0.29, 0.717) is 45.9 Å². The number of benzene rings is 3. The van der Waals surface area contributed by atoms with Crippen LogP contribution in [-0.2, 0) is 43.3 Å². The normalized spacial score (nSPS) is 16.1. The van der Waals surface area contributed by atoms with Gasteiger partial charge in [-0.15, -0.1) is 0 Å². The van der Waals surface area contributed by atoms with Gasteiger partial charge in [0, 0.05) is 44.7 Å². The first kappa shape index (κ1) is 39.7. The van der Waals surface area contributed by atoms with Crippen molar-refractivity contribution < 1.29 is 38.0 Å². The fourth-order valence-electron chi connectivity index (χ4n) is 6.09. The molecule has 3 aromatic rings. The third kappa shape index (κ3) is 13.5. The molecule has 0 bridgehead atoms. The van der Waals surface area contributed by atoms with Gasteiger partial charge < -0.3 is 38.6 Å². The summed E-state index contributed by atoms with van der Waals surface area (Å²) in [5.74, 6) is 1.38. The minimum absolute atomic E-state index is 0.0123. The van der Waals surface area contributed by atoms with Crippen LogP contribution in [0.2, 0.25) is 0 Å². The molecule has 4 rings (SSSR count). The number of likely N-dealkylation sites (tertiary alicyclic amines) is 1. The number of rotatable bonds is 19. The van der Waals surface area contributed by atoms with Crippen molar-refractivity contribution in [2.45, 2.75) is 83.6 Å². The Hall–Kier alpha value is -4.12. The zero-order valence-electron chi connectivity index (χ0n) is 31.0. The standard InChI is InChI=1S/C41H56N2O8/c1-41(2,3)51-40(45)43-23-22-36(32-18-20-35(21-19-32)49-26-12-25-48-29-34-16-8-9-17-37(34)47-5)38(28-43)50-30-39(44)42-27-33-15-7-6-13-31(33)14-10-11-24-46-4/h6-9,13,15-21,36,38H,10-12,14,22-30H2,1-5H3,(H,42,44). The van der Waals surface area contributed by atoms with Gasteiger partial charge in [-0.1, -0.05) is 54.6 Å². The third-order valence-corrected chi connectivity index (χ3v) is 8.74. The number of aryl methyl sites for hydroxylation is 1. The predicted octanol–water partition coefficient (Wildman–Crippen LogP) is 7.08. The van der Waals surface area contributed by atoms with Crippen LogP contribution in [0.4, 0.5) is 4.79 Å². The number of piperidine rings is 1. The maximum Gasteiger partial charge on any atom is 0.410 e. The van der Waals surface area contributed by atoms with E-state index in [4.69, 9.17) is 28.4 Å². The number of amides is 2. The highest BCUT2D eigenvalue weighted by Crippen LogP contribution is 2.32. The molecule has 10 heteroatoms. The first-order valence-electron chi connectivity index (χ1n) is 18.0. The topological polar surface area (TPSA) is 105 Å². The average molecular weight is 705 g/mol. The van der Waals surface area contributed by atoms with Gasteiger partial charge in [-0.3, -0.25) is 4.79 Å². The van der Waals surface area contributed by atoms with Gasteiger partial charge in [0.2, 0.25) is 5.91 Å². The summed E-state index contributed by atoms with van der Waals surface area (Å²) in [6.07, 6.45) is 3.59. The molecular formula is C41H56N2O8. The molecule has 278 valence electrons. The SMILES string of the molecule is COCCCCc1ccccc1CNC(=O)COC1CN(C(=O)OC(C)(C)C)CCC1c1ccc(OCCCOCc2ccccc2OC)cc1. The Balaban J connectivity index is 1.30. The fraction of sp³-hybridized carbons (Fsp3) is 0.512. The lowest BCUT2D eigenvalue weighted by atomic mass is 9.87. The maximum atomic E-state index is 13.0. The number of unbranched alkanes of at least 4 members (excludes halogenated alkanes) is 1. The third-order valence-electron chi connectivity index (χ3n) is 8.74. The molecule has 1 N–H and O–H groups in total. The van der Waals surface area contributed by atoms with E-state index in [9.17, 15) is 9.59 Å². The summed E-state index contributed by atoms with van der Waals surface area (Å²) in [6, 6.07) is 24.0. The number of ether oxygens (including phenoxy) is 6. The summed E-state index contributed by atoms with van der Waals surface area (Å²) >= 11 is 0. The Morgan fingerprint density at radius 1 is 0.843 bits per heavy atom. The van der Waals surface area contributed by atoms with E-state index < -0.39 is 11.7 Å². The number of nitrogens with zero attached hydrogens (tertiary/aromatic N) is 1. The molecule has 0 radical (unpaired) electrons. The van der Waals surface area contributed by atoms with Crippen molar-refractivity contribution in [2.24, 2.45) is 0 Å². The van der Waals surface area contributed by atoms with Crippen LogP contribution in [0.25, 0.3) is 0 Å². The first-order chi connectivity index (χ1) is 24.7. The molecule has 1 heterocycles. The van der Waals surface area contributed by atoms with Crippen molar-refractivity contribution >= 4 is 12.0 Å². The van der Waals surface area contributed by atoms with E-state index >= 15 is 0 Å². The molecule has 1 saturated heterocycles. The number of methoxy groups -OCH3 is 2. The zero-order valence-corrected chi connectivity index (χ0v) is 31.0. The lowest BCUT2D eigenvalue weighted by Gasteiger charge is -2.39. The molecule has 1 aliphatic rings. The molecule has 1 aliphatic heterocycles. The molecule has 0 saturated carbocycles. The highest BCUT2D eigenvalue weighted by molar-refractivity contribution is 5.77. The molecule has 2 amide bonds. The molecule has 2 unspecified atom stereocenters. The summed E-state index contributed by atoms with van der Waals surface area (Å²) in [5, 5.41) is 3.03. The van der Waals surface area contributed by atoms with Crippen molar-refractivity contribution in [1.82, 2.24) is 10.2 Å². The summed E-state index contributed by atoms with van der Waals surface area (Å²) in [7, 11) is 3.38. The summed E-state index contributed by atoms with van der Waals surface area (Å²) in [4.78, 5) is 27.7. The average Bonchev–Trinajstić information content (AvgIpc) is 3.13. The Bertz CT molecular complexity index is 1490. The van der Waals surface area contributed by atoms with E-state index in [1.807, 2.05) is 87.5 Å². The van der Waals surface area contributed by atoms with Gasteiger partial charge in [-0.05, 0) is 81.3 Å². The van der Waals surface area contributed by atoms with Crippen LogP contribution in [-0.4, -0.2) is 82.3 Å². The van der Waals surface area contributed by atoms with Gasteiger partial charge >= 0.3 is 6.09 Å². The van der Waals surface area contributed by atoms with Gasteiger partial charge in [-0.2, -0.15) is 0 Å². The van der Waals surface area contributed by atoms with Crippen molar-refractivity contribution in [3.63, 3.8) is 0 Å². The molecule has 10 nitrogen and oxygen atoms in total. The van der Waals surface area contributed by atoms with Crippen LogP contribution >= 0.6 is 0 Å². The zero-order chi connectivity index (χ0) is 36.5. The van der Waals surface area contributed by atoms with Crippen LogP contribution in [0.5, 0.6) is 11.5 Å². The van der Waals surface area contributed by atoms with Crippen molar-refractivity contribution in [3.05, 3.63) is 95.1 Å². The fourth-order valence-corrected chi connectivity index (χ4v) is 6.09. The van der Waals surface area contributed by atoms with Crippen LogP contribution in [0.3, 0.4) is 0 Å². The lowest BCUT2D eigenvalue weighted by Crippen LogP contribution is -2.49. The van der Waals surface area contributed by atoms with Gasteiger partial charge in [-0.25, -0.2) is 4.79 Å². The maximum absolute atomic E-state index is 13.0.